The van der Waals surface area contributed by atoms with Crippen molar-refractivity contribution in [3.05, 3.63) is 76.9 Å². The molecule has 158 valence electrons. The zero-order valence-electron chi connectivity index (χ0n) is 17.8. The first-order chi connectivity index (χ1) is 15.0. The molecule has 0 N–H and O–H groups in total. The summed E-state index contributed by atoms with van der Waals surface area (Å²) in [6.45, 7) is 4.58. The highest BCUT2D eigenvalue weighted by Crippen LogP contribution is 2.30. The molecule has 31 heavy (non-hydrogen) atoms. The first-order valence-corrected chi connectivity index (χ1v) is 10.8. The van der Waals surface area contributed by atoms with Crippen LogP contribution in [-0.4, -0.2) is 31.4 Å². The third kappa shape index (κ3) is 3.78. The Morgan fingerprint density at radius 3 is 2.61 bits per heavy atom. The number of halogens is 1. The smallest absolute Gasteiger partial charge is 0.223 e. The van der Waals surface area contributed by atoms with Crippen LogP contribution in [0.2, 0.25) is 0 Å². The molecule has 0 saturated heterocycles. The number of carbonyl (C=O) groups is 1. The topological polar surface area (TPSA) is 50.5 Å². The Morgan fingerprint density at radius 2 is 1.87 bits per heavy atom. The number of benzene rings is 2. The van der Waals surface area contributed by atoms with Crippen LogP contribution in [0.4, 0.5) is 4.39 Å². The van der Waals surface area contributed by atoms with Gasteiger partial charge in [0.15, 0.2) is 5.65 Å². The van der Waals surface area contributed by atoms with E-state index in [9.17, 15) is 9.18 Å². The summed E-state index contributed by atoms with van der Waals surface area (Å²) >= 11 is 0. The molecule has 6 heteroatoms. The molecule has 5 rings (SSSR count). The molecule has 1 fully saturated rings. The Morgan fingerprint density at radius 1 is 1.13 bits per heavy atom. The van der Waals surface area contributed by atoms with E-state index in [1.54, 1.807) is 12.1 Å². The summed E-state index contributed by atoms with van der Waals surface area (Å²) in [6.07, 6.45) is 3.13. The van der Waals surface area contributed by atoms with E-state index in [1.807, 2.05) is 47.5 Å². The average Bonchev–Trinajstić information content (AvgIpc) is 3.54. The normalized spacial score (nSPS) is 13.8. The fraction of sp³-hybridized carbons (Fsp3) is 0.320. The maximum Gasteiger partial charge on any atom is 0.223 e. The molecule has 0 radical (unpaired) electrons. The number of aromatic nitrogens is 3. The van der Waals surface area contributed by atoms with Gasteiger partial charge >= 0.3 is 0 Å². The van der Waals surface area contributed by atoms with Gasteiger partial charge in [-0.1, -0.05) is 24.3 Å². The average molecular weight is 417 g/mol. The van der Waals surface area contributed by atoms with Crippen LogP contribution in [0.3, 0.4) is 0 Å². The highest BCUT2D eigenvalue weighted by molar-refractivity contribution is 5.92. The number of aryl methyl sites for hydroxylation is 2. The standard InChI is InChI=1S/C25H25FN4O/c1-16-21(17(2)30-25(27-16)22-5-3-4-6-23(22)28-30)13-14-24(31)29(20-11-12-20)15-18-7-9-19(26)10-8-18/h3-10,20H,11-15H2,1-2H3. The molecule has 2 aromatic heterocycles. The second kappa shape index (κ2) is 7.76. The van der Waals surface area contributed by atoms with Crippen molar-refractivity contribution < 1.29 is 9.18 Å². The van der Waals surface area contributed by atoms with Gasteiger partial charge in [0.05, 0.1) is 5.52 Å². The van der Waals surface area contributed by atoms with Crippen molar-refractivity contribution in [2.24, 2.45) is 0 Å². The molecule has 0 atom stereocenters. The van der Waals surface area contributed by atoms with Gasteiger partial charge in [0.25, 0.3) is 0 Å². The quantitative estimate of drug-likeness (QED) is 0.455. The summed E-state index contributed by atoms with van der Waals surface area (Å²) in [5, 5.41) is 5.75. The van der Waals surface area contributed by atoms with E-state index in [4.69, 9.17) is 10.1 Å². The summed E-state index contributed by atoms with van der Waals surface area (Å²) < 4.78 is 15.1. The largest absolute Gasteiger partial charge is 0.335 e. The number of rotatable bonds is 6. The third-order valence-electron chi connectivity index (χ3n) is 6.18. The van der Waals surface area contributed by atoms with E-state index in [1.165, 1.54) is 12.1 Å². The second-order valence-corrected chi connectivity index (χ2v) is 8.39. The molecule has 1 aliphatic rings. The van der Waals surface area contributed by atoms with Crippen LogP contribution >= 0.6 is 0 Å². The molecule has 0 unspecified atom stereocenters. The van der Waals surface area contributed by atoms with Crippen LogP contribution < -0.4 is 0 Å². The first-order valence-electron chi connectivity index (χ1n) is 10.8. The Balaban J connectivity index is 1.37. The Labute approximate surface area is 180 Å². The van der Waals surface area contributed by atoms with Crippen LogP contribution in [0.1, 0.15) is 41.8 Å². The maximum atomic E-state index is 13.2. The summed E-state index contributed by atoms with van der Waals surface area (Å²) in [4.78, 5) is 19.9. The molecule has 0 aliphatic heterocycles. The highest BCUT2D eigenvalue weighted by Gasteiger charge is 2.32. The maximum absolute atomic E-state index is 13.2. The van der Waals surface area contributed by atoms with Gasteiger partial charge in [-0.15, -0.1) is 0 Å². The predicted octanol–water partition coefficient (Wildman–Crippen LogP) is 4.76. The molecule has 4 aromatic rings. The zero-order valence-corrected chi connectivity index (χ0v) is 17.8. The SMILES string of the molecule is Cc1nc2c3ccccc3nn2c(C)c1CCC(=O)N(Cc1ccc(F)cc1)C1CC1. The monoisotopic (exact) mass is 416 g/mol. The van der Waals surface area contributed by atoms with E-state index in [0.717, 1.165) is 51.9 Å². The van der Waals surface area contributed by atoms with Gasteiger partial charge in [0.2, 0.25) is 5.91 Å². The molecule has 1 amide bonds. The van der Waals surface area contributed by atoms with Crippen molar-refractivity contribution in [2.45, 2.75) is 52.1 Å². The van der Waals surface area contributed by atoms with Gasteiger partial charge in [0.1, 0.15) is 5.82 Å². The summed E-state index contributed by atoms with van der Waals surface area (Å²) in [5.41, 5.74) is 5.79. The lowest BCUT2D eigenvalue weighted by molar-refractivity contribution is -0.132. The fourth-order valence-electron chi connectivity index (χ4n) is 4.31. The number of amides is 1. The van der Waals surface area contributed by atoms with Gasteiger partial charge in [-0.3, -0.25) is 4.79 Å². The van der Waals surface area contributed by atoms with Gasteiger partial charge in [-0.2, -0.15) is 5.10 Å². The third-order valence-corrected chi connectivity index (χ3v) is 6.18. The number of hydrogen-bond acceptors (Lipinski definition) is 3. The Hall–Kier alpha value is -3.28. The van der Waals surface area contributed by atoms with E-state index >= 15 is 0 Å². The van der Waals surface area contributed by atoms with Gasteiger partial charge < -0.3 is 4.90 Å². The number of hydrogen-bond donors (Lipinski definition) is 0. The molecular weight excluding hydrogens is 391 g/mol. The minimum atomic E-state index is -0.256. The molecular formula is C25H25FN4O. The van der Waals surface area contributed by atoms with Crippen molar-refractivity contribution in [3.8, 4) is 0 Å². The molecule has 2 heterocycles. The van der Waals surface area contributed by atoms with E-state index in [2.05, 4.69) is 0 Å². The van der Waals surface area contributed by atoms with Crippen molar-refractivity contribution in [1.29, 1.82) is 0 Å². The van der Waals surface area contributed by atoms with E-state index in [-0.39, 0.29) is 11.7 Å². The summed E-state index contributed by atoms with van der Waals surface area (Å²) in [5.74, 6) is -0.121. The van der Waals surface area contributed by atoms with Crippen molar-refractivity contribution >= 4 is 22.5 Å². The molecule has 1 saturated carbocycles. The summed E-state index contributed by atoms with van der Waals surface area (Å²) in [6, 6.07) is 14.7. The van der Waals surface area contributed by atoms with Crippen LogP contribution in [0.25, 0.3) is 16.6 Å². The number of carbonyl (C=O) groups excluding carboxylic acids is 1. The lowest BCUT2D eigenvalue weighted by atomic mass is 10.1. The summed E-state index contributed by atoms with van der Waals surface area (Å²) in [7, 11) is 0. The Bertz CT molecular complexity index is 1270. The minimum Gasteiger partial charge on any atom is -0.335 e. The highest BCUT2D eigenvalue weighted by atomic mass is 19.1. The van der Waals surface area contributed by atoms with Crippen molar-refractivity contribution in [2.75, 3.05) is 0 Å². The number of nitrogens with zero attached hydrogens (tertiary/aromatic N) is 4. The van der Waals surface area contributed by atoms with Crippen molar-refractivity contribution in [3.63, 3.8) is 0 Å². The zero-order chi connectivity index (χ0) is 21.5. The fourth-order valence-corrected chi connectivity index (χ4v) is 4.31. The van der Waals surface area contributed by atoms with Gasteiger partial charge in [-0.05, 0) is 68.5 Å². The molecule has 5 nitrogen and oxygen atoms in total. The lowest BCUT2D eigenvalue weighted by Gasteiger charge is -2.23. The van der Waals surface area contributed by atoms with Gasteiger partial charge in [0, 0.05) is 35.8 Å². The minimum absolute atomic E-state index is 0.136. The van der Waals surface area contributed by atoms with E-state index < -0.39 is 0 Å². The van der Waals surface area contributed by atoms with Crippen LogP contribution in [0, 0.1) is 19.7 Å². The lowest BCUT2D eigenvalue weighted by Crippen LogP contribution is -2.32. The molecule has 2 aromatic carbocycles. The van der Waals surface area contributed by atoms with Crippen molar-refractivity contribution in [1.82, 2.24) is 19.5 Å². The Kier molecular flexibility index (Phi) is 4.93. The van der Waals surface area contributed by atoms with Crippen LogP contribution in [0.15, 0.2) is 48.5 Å². The second-order valence-electron chi connectivity index (χ2n) is 8.39. The first kappa shape index (κ1) is 19.7. The van der Waals surface area contributed by atoms with Gasteiger partial charge in [-0.25, -0.2) is 13.9 Å². The molecule has 0 bridgehead atoms. The predicted molar refractivity (Wildman–Crippen MR) is 118 cm³/mol. The van der Waals surface area contributed by atoms with E-state index in [0.29, 0.717) is 25.4 Å². The van der Waals surface area contributed by atoms with Crippen LogP contribution in [0.5, 0.6) is 0 Å². The van der Waals surface area contributed by atoms with Crippen LogP contribution in [-0.2, 0) is 17.8 Å². The number of fused-ring (bicyclic) bond motifs is 3. The molecule has 0 spiro atoms. The molecule has 1 aliphatic carbocycles.